The summed E-state index contributed by atoms with van der Waals surface area (Å²) < 4.78 is 42.3. The van der Waals surface area contributed by atoms with Crippen molar-refractivity contribution in [2.24, 2.45) is 4.99 Å². The molecule has 172 valence electrons. The van der Waals surface area contributed by atoms with Crippen LogP contribution in [0.1, 0.15) is 29.7 Å². The Hall–Kier alpha value is -4.60. The molecule has 13 heteroatoms. The van der Waals surface area contributed by atoms with E-state index in [-0.39, 0.29) is 40.3 Å². The first-order valence-corrected chi connectivity index (χ1v) is 10.1. The van der Waals surface area contributed by atoms with Crippen molar-refractivity contribution >= 4 is 23.2 Å². The maximum atomic E-state index is 13.6. The highest BCUT2D eigenvalue weighted by Crippen LogP contribution is 2.36. The number of anilines is 2. The van der Waals surface area contributed by atoms with Crippen molar-refractivity contribution in [2.75, 3.05) is 5.32 Å². The van der Waals surface area contributed by atoms with Gasteiger partial charge in [-0.1, -0.05) is 0 Å². The minimum atomic E-state index is -4.70. The van der Waals surface area contributed by atoms with Gasteiger partial charge in [-0.2, -0.15) is 28.0 Å². The van der Waals surface area contributed by atoms with E-state index < -0.39 is 17.4 Å². The Morgan fingerprint density at radius 1 is 1.29 bits per heavy atom. The van der Waals surface area contributed by atoms with Gasteiger partial charge in [0, 0.05) is 11.3 Å². The highest BCUT2D eigenvalue weighted by atomic mass is 19.4. The van der Waals surface area contributed by atoms with E-state index in [1.165, 1.54) is 28.9 Å². The zero-order chi connectivity index (χ0) is 24.0. The van der Waals surface area contributed by atoms with E-state index in [1.807, 2.05) is 0 Å². The number of alkyl halides is 3. The summed E-state index contributed by atoms with van der Waals surface area (Å²) in [6, 6.07) is 6.47. The maximum Gasteiger partial charge on any atom is 0.418 e. The second kappa shape index (κ2) is 7.77. The van der Waals surface area contributed by atoms with Crippen molar-refractivity contribution in [1.29, 1.82) is 5.26 Å². The van der Waals surface area contributed by atoms with E-state index in [4.69, 9.17) is 5.26 Å². The molecule has 5 rings (SSSR count). The van der Waals surface area contributed by atoms with Crippen molar-refractivity contribution < 1.29 is 18.3 Å². The Morgan fingerprint density at radius 3 is 2.74 bits per heavy atom. The number of nitrogens with zero attached hydrogens (tertiary/aromatic N) is 5. The number of nitriles is 1. The van der Waals surface area contributed by atoms with Crippen molar-refractivity contribution in [3.63, 3.8) is 0 Å². The van der Waals surface area contributed by atoms with Gasteiger partial charge in [0.25, 0.3) is 0 Å². The fraction of sp³-hybridized carbons (Fsp3) is 0.190. The van der Waals surface area contributed by atoms with Crippen LogP contribution in [0, 0.1) is 11.3 Å². The molecule has 1 saturated carbocycles. The summed E-state index contributed by atoms with van der Waals surface area (Å²) in [5.41, 5.74) is -1.31. The summed E-state index contributed by atoms with van der Waals surface area (Å²) in [6.07, 6.45) is -0.0617. The fourth-order valence-electron chi connectivity index (χ4n) is 3.36. The van der Waals surface area contributed by atoms with Crippen molar-refractivity contribution in [1.82, 2.24) is 24.6 Å². The van der Waals surface area contributed by atoms with Crippen molar-refractivity contribution in [3.05, 3.63) is 68.5 Å². The third kappa shape index (κ3) is 4.08. The Kier molecular flexibility index (Phi) is 4.85. The molecule has 4 N–H and O–H groups in total. The number of aromatic hydroxyl groups is 1. The zero-order valence-corrected chi connectivity index (χ0v) is 17.2. The topological polar surface area (TPSA) is 147 Å². The van der Waals surface area contributed by atoms with Crippen LogP contribution in [-0.4, -0.2) is 35.7 Å². The quantitative estimate of drug-likeness (QED) is 0.358. The normalized spacial score (nSPS) is 15.1. The third-order valence-electron chi connectivity index (χ3n) is 5.09. The molecule has 0 bridgehead atoms. The van der Waals surface area contributed by atoms with Gasteiger partial charge < -0.3 is 15.4 Å². The number of aromatic amines is 2. The van der Waals surface area contributed by atoms with Gasteiger partial charge in [-0.3, -0.25) is 9.98 Å². The molecule has 0 aliphatic heterocycles. The molecule has 0 spiro atoms. The lowest BCUT2D eigenvalue weighted by atomic mass is 10.1. The minimum Gasteiger partial charge on any atom is -0.493 e. The number of halogens is 3. The van der Waals surface area contributed by atoms with Crippen LogP contribution < -0.4 is 21.7 Å². The maximum absolute atomic E-state index is 13.6. The summed E-state index contributed by atoms with van der Waals surface area (Å²) in [7, 11) is 0. The van der Waals surface area contributed by atoms with Crippen LogP contribution >= 0.6 is 0 Å². The Balaban J connectivity index is 1.68. The summed E-state index contributed by atoms with van der Waals surface area (Å²) in [5, 5.41) is 26.2. The molecule has 3 aromatic heterocycles. The number of hydrogen-bond acceptors (Lipinski definition) is 7. The van der Waals surface area contributed by atoms with E-state index >= 15 is 0 Å². The molecule has 1 aliphatic carbocycles. The molecule has 3 heterocycles. The number of H-pyrrole nitrogens is 2. The second-order valence-electron chi connectivity index (χ2n) is 7.68. The molecule has 0 saturated heterocycles. The summed E-state index contributed by atoms with van der Waals surface area (Å²) >= 11 is 0. The van der Waals surface area contributed by atoms with Gasteiger partial charge in [0.05, 0.1) is 35.1 Å². The lowest BCUT2D eigenvalue weighted by molar-refractivity contribution is -0.136. The van der Waals surface area contributed by atoms with Gasteiger partial charge in [-0.05, 0) is 37.1 Å². The predicted octanol–water partition coefficient (Wildman–Crippen LogP) is 1.70. The van der Waals surface area contributed by atoms with E-state index in [0.717, 1.165) is 25.0 Å². The molecule has 0 radical (unpaired) electrons. The smallest absolute Gasteiger partial charge is 0.418 e. The largest absolute Gasteiger partial charge is 0.493 e. The molecule has 0 amide bonds. The van der Waals surface area contributed by atoms with Crippen LogP contribution in [-0.2, 0) is 6.18 Å². The van der Waals surface area contributed by atoms with Crippen molar-refractivity contribution in [3.8, 4) is 11.9 Å². The molecule has 1 aromatic carbocycles. The van der Waals surface area contributed by atoms with Gasteiger partial charge in [0.2, 0.25) is 5.88 Å². The lowest BCUT2D eigenvalue weighted by Crippen LogP contribution is -2.20. The van der Waals surface area contributed by atoms with Gasteiger partial charge >= 0.3 is 11.9 Å². The number of imidazole rings is 1. The number of fused-ring (bicyclic) bond motifs is 1. The first-order chi connectivity index (χ1) is 16.2. The molecule has 1 aliphatic rings. The predicted molar refractivity (Wildman–Crippen MR) is 113 cm³/mol. The van der Waals surface area contributed by atoms with Gasteiger partial charge in [-0.15, -0.1) is 0 Å². The molecule has 34 heavy (non-hydrogen) atoms. The number of rotatable bonds is 4. The van der Waals surface area contributed by atoms with Gasteiger partial charge in [-0.25, -0.2) is 9.78 Å². The van der Waals surface area contributed by atoms with Crippen LogP contribution in [0.2, 0.25) is 0 Å². The Labute approximate surface area is 187 Å². The molecular weight excluding hydrogens is 453 g/mol. The third-order valence-corrected chi connectivity index (χ3v) is 5.09. The standard InChI is InChI=1S/C21H15F3N8O2/c22-21(23,24)13-5-10(8-25)1-4-14(13)28-16-7-17(27-12-2-3-12)32-18(30-16)11(9-26-32)6-15-19(33)31-20(34)29-15/h1,4-7,9,12,28,33H,2-3H2,(H2,29,31,34)/b11-6+,27-17?. The zero-order valence-electron chi connectivity index (χ0n) is 17.2. The first kappa shape index (κ1) is 21.3. The number of aromatic nitrogens is 5. The SMILES string of the molecule is N#Cc1ccc(Nc2cc(=NC3CC3)n3nc/c(=C\c4[nH]c(=O)[nH]c4O)c3n2)c(C(F)(F)F)c1. The molecule has 10 nitrogen and oxygen atoms in total. The van der Waals surface area contributed by atoms with E-state index in [1.54, 1.807) is 6.07 Å². The van der Waals surface area contributed by atoms with Gasteiger partial charge in [0.15, 0.2) is 11.1 Å². The molecule has 4 aromatic rings. The van der Waals surface area contributed by atoms with Crippen LogP contribution in [0.4, 0.5) is 24.7 Å². The monoisotopic (exact) mass is 468 g/mol. The molecule has 1 fully saturated rings. The Bertz CT molecular complexity index is 1640. The lowest BCUT2D eigenvalue weighted by Gasteiger charge is -2.14. The summed E-state index contributed by atoms with van der Waals surface area (Å²) in [6.45, 7) is 0. The average Bonchev–Trinajstić information content (AvgIpc) is 3.42. The van der Waals surface area contributed by atoms with E-state index in [9.17, 15) is 23.1 Å². The highest BCUT2D eigenvalue weighted by Gasteiger charge is 2.34. The number of benzene rings is 1. The molecule has 0 atom stereocenters. The molecule has 0 unspecified atom stereocenters. The van der Waals surface area contributed by atoms with Crippen LogP contribution in [0.25, 0.3) is 11.7 Å². The van der Waals surface area contributed by atoms with Crippen LogP contribution in [0.15, 0.2) is 40.2 Å². The molecular formula is C21H15F3N8O2. The highest BCUT2D eigenvalue weighted by molar-refractivity contribution is 5.65. The summed E-state index contributed by atoms with van der Waals surface area (Å²) in [5.74, 6) is -0.307. The van der Waals surface area contributed by atoms with Crippen molar-refractivity contribution in [2.45, 2.75) is 25.1 Å². The Morgan fingerprint density at radius 2 is 2.09 bits per heavy atom. The average molecular weight is 468 g/mol. The second-order valence-corrected chi connectivity index (χ2v) is 7.68. The van der Waals surface area contributed by atoms with Gasteiger partial charge in [0.1, 0.15) is 11.5 Å². The fourth-order valence-corrected chi connectivity index (χ4v) is 3.36. The van der Waals surface area contributed by atoms with E-state index in [2.05, 4.69) is 30.4 Å². The van der Waals surface area contributed by atoms with Crippen LogP contribution in [0.3, 0.4) is 0 Å². The number of hydrogen-bond donors (Lipinski definition) is 4. The first-order valence-electron chi connectivity index (χ1n) is 10.1. The minimum absolute atomic E-state index is 0.0732. The summed E-state index contributed by atoms with van der Waals surface area (Å²) in [4.78, 5) is 25.0. The number of nitrogens with one attached hydrogen (secondary N) is 3. The van der Waals surface area contributed by atoms with E-state index in [0.29, 0.717) is 10.7 Å². The van der Waals surface area contributed by atoms with Crippen LogP contribution in [0.5, 0.6) is 5.88 Å².